The zero-order valence-corrected chi connectivity index (χ0v) is 19.2. The van der Waals surface area contributed by atoms with Crippen molar-refractivity contribution in [1.82, 2.24) is 19.7 Å². The molecule has 1 unspecified atom stereocenters. The number of fused-ring (bicyclic) bond motifs is 3. The Morgan fingerprint density at radius 3 is 2.48 bits per heavy atom. The summed E-state index contributed by atoms with van der Waals surface area (Å²) in [5.41, 5.74) is 2.21. The molecule has 0 bridgehead atoms. The summed E-state index contributed by atoms with van der Waals surface area (Å²) in [5.74, 6) is 1.73. The Morgan fingerprint density at radius 1 is 0.939 bits per heavy atom. The van der Waals surface area contributed by atoms with Gasteiger partial charge in [0.05, 0.1) is 18.9 Å². The highest BCUT2D eigenvalue weighted by atomic mass is 35.5. The molecule has 3 aliphatic rings. The lowest BCUT2D eigenvalue weighted by molar-refractivity contribution is -0.268. The first-order valence-electron chi connectivity index (χ1n) is 11.8. The Bertz CT molecular complexity index is 1110. The van der Waals surface area contributed by atoms with Crippen molar-refractivity contribution < 1.29 is 14.2 Å². The fraction of sp³-hybridized carbons (Fsp3) is 0.480. The van der Waals surface area contributed by atoms with E-state index < -0.39 is 11.2 Å². The minimum absolute atomic E-state index is 0.169. The lowest BCUT2D eigenvalue weighted by Gasteiger charge is -2.38. The van der Waals surface area contributed by atoms with E-state index in [1.54, 1.807) is 6.20 Å². The van der Waals surface area contributed by atoms with E-state index in [9.17, 15) is 0 Å². The summed E-state index contributed by atoms with van der Waals surface area (Å²) in [5, 5.41) is 8.71. The molecule has 8 heteroatoms. The third-order valence-corrected chi connectivity index (χ3v) is 7.47. The van der Waals surface area contributed by atoms with E-state index in [1.807, 2.05) is 30.3 Å². The Labute approximate surface area is 198 Å². The summed E-state index contributed by atoms with van der Waals surface area (Å²) in [6.45, 7) is 1.26. The standard InChI is InChI=1S/C25H27ClN4O3/c26-22-24-29-28-23(17-9-11-19(12-10-17)33-21-8-3-4-13-27-21)30(24)20-7-2-1-6-18(20)16-25(22)31-14-5-15-32-25/h1-4,6-8,13,17,19,22H,5,9-12,14-16H2. The van der Waals surface area contributed by atoms with Crippen molar-refractivity contribution in [2.75, 3.05) is 13.2 Å². The van der Waals surface area contributed by atoms with Crippen molar-refractivity contribution in [3.63, 3.8) is 0 Å². The lowest BCUT2D eigenvalue weighted by atomic mass is 9.86. The van der Waals surface area contributed by atoms with Crippen LogP contribution in [0, 0.1) is 0 Å². The van der Waals surface area contributed by atoms with E-state index in [0.717, 1.165) is 49.2 Å². The second-order valence-electron chi connectivity index (χ2n) is 9.04. The van der Waals surface area contributed by atoms with Gasteiger partial charge in [0, 0.05) is 24.6 Å². The molecule has 2 aromatic heterocycles. The van der Waals surface area contributed by atoms with E-state index >= 15 is 0 Å². The van der Waals surface area contributed by atoms with Crippen molar-refractivity contribution >= 4 is 11.6 Å². The molecule has 33 heavy (non-hydrogen) atoms. The monoisotopic (exact) mass is 466 g/mol. The normalized spacial score (nSPS) is 26.3. The quantitative estimate of drug-likeness (QED) is 0.519. The molecule has 4 heterocycles. The Balaban J connectivity index is 1.30. The number of benzene rings is 1. The first kappa shape index (κ1) is 21.1. The SMILES string of the molecule is ClC1c2nnc(C3CCC(Oc4ccccn4)CC3)n2-c2ccccc2CC12OCCCO2. The van der Waals surface area contributed by atoms with Crippen LogP contribution in [0.3, 0.4) is 0 Å². The number of rotatable bonds is 3. The molecule has 1 aromatic carbocycles. The molecule has 0 N–H and O–H groups in total. The predicted molar refractivity (Wildman–Crippen MR) is 123 cm³/mol. The molecule has 1 saturated carbocycles. The molecule has 1 atom stereocenters. The molecular weight excluding hydrogens is 440 g/mol. The van der Waals surface area contributed by atoms with Gasteiger partial charge in [-0.3, -0.25) is 4.57 Å². The van der Waals surface area contributed by atoms with Gasteiger partial charge in [0.25, 0.3) is 0 Å². The van der Waals surface area contributed by atoms with Gasteiger partial charge < -0.3 is 14.2 Å². The molecule has 172 valence electrons. The van der Waals surface area contributed by atoms with Gasteiger partial charge in [-0.1, -0.05) is 24.3 Å². The molecule has 2 aliphatic heterocycles. The van der Waals surface area contributed by atoms with Gasteiger partial charge in [-0.2, -0.15) is 0 Å². The summed E-state index contributed by atoms with van der Waals surface area (Å²) in [7, 11) is 0. The van der Waals surface area contributed by atoms with E-state index in [-0.39, 0.29) is 12.0 Å². The van der Waals surface area contributed by atoms with Gasteiger partial charge in [-0.25, -0.2) is 4.98 Å². The topological polar surface area (TPSA) is 71.3 Å². The molecule has 2 fully saturated rings. The first-order chi connectivity index (χ1) is 16.2. The van der Waals surface area contributed by atoms with E-state index in [2.05, 4.69) is 31.9 Å². The Hall–Kier alpha value is -2.48. The van der Waals surface area contributed by atoms with Crippen molar-refractivity contribution in [1.29, 1.82) is 0 Å². The first-order valence-corrected chi connectivity index (χ1v) is 12.2. The summed E-state index contributed by atoms with van der Waals surface area (Å²) in [4.78, 5) is 4.30. The van der Waals surface area contributed by atoms with Crippen LogP contribution in [0.15, 0.2) is 48.7 Å². The largest absolute Gasteiger partial charge is 0.474 e. The second-order valence-corrected chi connectivity index (χ2v) is 9.48. The molecular formula is C25H27ClN4O3. The number of hydrogen-bond acceptors (Lipinski definition) is 6. The number of para-hydroxylation sites is 1. The number of alkyl halides is 1. The zero-order chi connectivity index (χ0) is 22.3. The molecule has 0 amide bonds. The number of halogens is 1. The fourth-order valence-electron chi connectivity index (χ4n) is 5.28. The number of aromatic nitrogens is 4. The highest BCUT2D eigenvalue weighted by Crippen LogP contribution is 2.46. The summed E-state index contributed by atoms with van der Waals surface area (Å²) < 4.78 is 20.6. The van der Waals surface area contributed by atoms with E-state index in [0.29, 0.717) is 31.3 Å². The number of nitrogens with zero attached hydrogens (tertiary/aromatic N) is 4. The maximum Gasteiger partial charge on any atom is 0.213 e. The van der Waals surface area contributed by atoms with Crippen LogP contribution >= 0.6 is 11.6 Å². The minimum Gasteiger partial charge on any atom is -0.474 e. The second kappa shape index (κ2) is 8.70. The van der Waals surface area contributed by atoms with Crippen molar-refractivity contribution in [3.8, 4) is 11.6 Å². The van der Waals surface area contributed by atoms with E-state index in [1.165, 1.54) is 0 Å². The summed E-state index contributed by atoms with van der Waals surface area (Å²) in [6, 6.07) is 14.1. The average Bonchev–Trinajstić information content (AvgIpc) is 3.27. The highest BCUT2D eigenvalue weighted by molar-refractivity contribution is 6.21. The molecule has 1 saturated heterocycles. The van der Waals surface area contributed by atoms with Crippen LogP contribution < -0.4 is 4.74 Å². The van der Waals surface area contributed by atoms with Crippen LogP contribution in [-0.4, -0.2) is 44.9 Å². The minimum atomic E-state index is -0.914. The van der Waals surface area contributed by atoms with Crippen LogP contribution in [0.2, 0.25) is 0 Å². The van der Waals surface area contributed by atoms with Crippen LogP contribution in [-0.2, 0) is 15.9 Å². The fourth-order valence-corrected chi connectivity index (χ4v) is 5.62. The number of ether oxygens (including phenoxy) is 3. The lowest BCUT2D eigenvalue weighted by Crippen LogP contribution is -2.46. The highest BCUT2D eigenvalue weighted by Gasteiger charge is 2.48. The number of pyridine rings is 1. The molecule has 1 spiro atoms. The van der Waals surface area contributed by atoms with Gasteiger partial charge >= 0.3 is 0 Å². The van der Waals surface area contributed by atoms with Crippen LogP contribution in [0.4, 0.5) is 0 Å². The average molecular weight is 467 g/mol. The van der Waals surface area contributed by atoms with Gasteiger partial charge in [0.15, 0.2) is 11.6 Å². The molecule has 6 rings (SSSR count). The molecule has 1 aliphatic carbocycles. The van der Waals surface area contributed by atoms with Crippen LogP contribution in [0.25, 0.3) is 5.69 Å². The Kier molecular flexibility index (Phi) is 5.56. The third kappa shape index (κ3) is 3.82. The van der Waals surface area contributed by atoms with E-state index in [4.69, 9.17) is 25.8 Å². The molecule has 0 radical (unpaired) electrons. The number of hydrogen-bond donors (Lipinski definition) is 0. The van der Waals surface area contributed by atoms with Gasteiger partial charge in [0.1, 0.15) is 17.3 Å². The predicted octanol–water partition coefficient (Wildman–Crippen LogP) is 4.74. The molecule has 7 nitrogen and oxygen atoms in total. The third-order valence-electron chi connectivity index (χ3n) is 6.94. The maximum atomic E-state index is 7.04. The van der Waals surface area contributed by atoms with Crippen LogP contribution in [0.5, 0.6) is 5.88 Å². The van der Waals surface area contributed by atoms with Crippen LogP contribution in [0.1, 0.15) is 60.6 Å². The maximum absolute atomic E-state index is 7.04. The van der Waals surface area contributed by atoms with Gasteiger partial charge in [-0.15, -0.1) is 21.8 Å². The van der Waals surface area contributed by atoms with Crippen molar-refractivity contribution in [2.45, 2.75) is 61.7 Å². The summed E-state index contributed by atoms with van der Waals surface area (Å²) >= 11 is 7.04. The zero-order valence-electron chi connectivity index (χ0n) is 18.4. The van der Waals surface area contributed by atoms with Gasteiger partial charge in [0.2, 0.25) is 5.88 Å². The summed E-state index contributed by atoms with van der Waals surface area (Å²) in [6.07, 6.45) is 7.24. The smallest absolute Gasteiger partial charge is 0.213 e. The molecule has 3 aromatic rings. The van der Waals surface area contributed by atoms with Gasteiger partial charge in [-0.05, 0) is 49.8 Å². The van der Waals surface area contributed by atoms with Crippen molar-refractivity contribution in [3.05, 3.63) is 65.9 Å². The van der Waals surface area contributed by atoms with Crippen molar-refractivity contribution in [2.24, 2.45) is 0 Å². The Morgan fingerprint density at radius 2 is 1.70 bits per heavy atom.